The number of benzene rings is 2. The molecule has 32 heavy (non-hydrogen) atoms. The van der Waals surface area contributed by atoms with E-state index in [4.69, 9.17) is 4.74 Å². The van der Waals surface area contributed by atoms with Crippen LogP contribution in [0.2, 0.25) is 0 Å². The van der Waals surface area contributed by atoms with Crippen molar-refractivity contribution in [2.45, 2.75) is 38.8 Å². The normalized spacial score (nSPS) is 11.3. The molecule has 0 unspecified atom stereocenters. The zero-order valence-electron chi connectivity index (χ0n) is 17.5. The number of hydrogen-bond acceptors (Lipinski definition) is 5. The highest BCUT2D eigenvalue weighted by molar-refractivity contribution is 5.63. The Bertz CT molecular complexity index is 992. The summed E-state index contributed by atoms with van der Waals surface area (Å²) in [5.41, 5.74) is -0.142. The lowest BCUT2D eigenvalue weighted by Crippen LogP contribution is -2.12. The molecule has 0 fully saturated rings. The van der Waals surface area contributed by atoms with E-state index >= 15 is 0 Å². The SMILES string of the molecule is CCCCCCOc1ccc(Nc2nc(Nc3ccc(F)cc3)ncc2C(F)(F)F)cc1. The summed E-state index contributed by atoms with van der Waals surface area (Å²) < 4.78 is 59.1. The molecule has 1 heterocycles. The van der Waals surface area contributed by atoms with Gasteiger partial charge in [-0.2, -0.15) is 18.2 Å². The molecular weight excluding hydrogens is 424 g/mol. The number of alkyl halides is 3. The molecule has 1 aromatic heterocycles. The first-order valence-corrected chi connectivity index (χ1v) is 10.3. The van der Waals surface area contributed by atoms with Gasteiger partial charge in [0.1, 0.15) is 22.9 Å². The highest BCUT2D eigenvalue weighted by Crippen LogP contribution is 2.35. The van der Waals surface area contributed by atoms with E-state index in [1.54, 1.807) is 24.3 Å². The third-order valence-electron chi connectivity index (χ3n) is 4.58. The number of nitrogens with one attached hydrogen (secondary N) is 2. The Balaban J connectivity index is 1.72. The van der Waals surface area contributed by atoms with E-state index in [9.17, 15) is 17.6 Å². The first-order valence-electron chi connectivity index (χ1n) is 10.3. The molecule has 2 aromatic carbocycles. The van der Waals surface area contributed by atoms with E-state index in [-0.39, 0.29) is 5.95 Å². The fraction of sp³-hybridized carbons (Fsp3) is 0.304. The second kappa shape index (κ2) is 10.8. The molecule has 9 heteroatoms. The first kappa shape index (κ1) is 23.3. The van der Waals surface area contributed by atoms with Gasteiger partial charge in [-0.15, -0.1) is 0 Å². The Hall–Kier alpha value is -3.36. The number of rotatable bonds is 10. The van der Waals surface area contributed by atoms with Crippen LogP contribution in [0.5, 0.6) is 5.75 Å². The largest absolute Gasteiger partial charge is 0.494 e. The highest BCUT2D eigenvalue weighted by atomic mass is 19.4. The summed E-state index contributed by atoms with van der Waals surface area (Å²) >= 11 is 0. The Morgan fingerprint density at radius 1 is 0.875 bits per heavy atom. The van der Waals surface area contributed by atoms with Crippen molar-refractivity contribution in [1.82, 2.24) is 9.97 Å². The third-order valence-corrected chi connectivity index (χ3v) is 4.58. The lowest BCUT2D eigenvalue weighted by atomic mass is 10.2. The summed E-state index contributed by atoms with van der Waals surface area (Å²) in [5, 5.41) is 5.47. The summed E-state index contributed by atoms with van der Waals surface area (Å²) in [7, 11) is 0. The molecule has 0 atom stereocenters. The second-order valence-corrected chi connectivity index (χ2v) is 7.14. The van der Waals surface area contributed by atoms with E-state index in [1.807, 2.05) is 0 Å². The molecule has 0 bridgehead atoms. The number of nitrogens with zero attached hydrogens (tertiary/aromatic N) is 2. The number of aromatic nitrogens is 2. The maximum Gasteiger partial charge on any atom is 0.421 e. The molecule has 0 saturated heterocycles. The Kier molecular flexibility index (Phi) is 7.86. The highest BCUT2D eigenvalue weighted by Gasteiger charge is 2.35. The minimum absolute atomic E-state index is 0.0564. The lowest BCUT2D eigenvalue weighted by molar-refractivity contribution is -0.137. The van der Waals surface area contributed by atoms with Crippen LogP contribution in [0.4, 0.5) is 40.7 Å². The average Bonchev–Trinajstić information content (AvgIpc) is 2.76. The van der Waals surface area contributed by atoms with Crippen molar-refractivity contribution in [3.05, 3.63) is 66.1 Å². The van der Waals surface area contributed by atoms with Crippen LogP contribution in [-0.2, 0) is 6.18 Å². The predicted octanol–water partition coefficient (Wildman–Crippen LogP) is 7.08. The van der Waals surface area contributed by atoms with Crippen LogP contribution in [-0.4, -0.2) is 16.6 Å². The number of hydrogen-bond donors (Lipinski definition) is 2. The van der Waals surface area contributed by atoms with Gasteiger partial charge in [0.25, 0.3) is 0 Å². The molecular formula is C23H24F4N4O. The molecule has 0 amide bonds. The summed E-state index contributed by atoms with van der Waals surface area (Å²) in [5.74, 6) is -0.242. The van der Waals surface area contributed by atoms with Crippen molar-refractivity contribution in [2.24, 2.45) is 0 Å². The van der Waals surface area contributed by atoms with Crippen LogP contribution >= 0.6 is 0 Å². The van der Waals surface area contributed by atoms with Gasteiger partial charge in [-0.05, 0) is 55.0 Å². The van der Waals surface area contributed by atoms with Crippen molar-refractivity contribution in [2.75, 3.05) is 17.2 Å². The average molecular weight is 448 g/mol. The minimum atomic E-state index is -4.64. The van der Waals surface area contributed by atoms with Crippen LogP contribution in [0.3, 0.4) is 0 Å². The van der Waals surface area contributed by atoms with E-state index < -0.39 is 23.4 Å². The quantitative estimate of drug-likeness (QED) is 0.256. The molecule has 0 radical (unpaired) electrons. The van der Waals surface area contributed by atoms with Crippen molar-refractivity contribution >= 4 is 23.1 Å². The summed E-state index contributed by atoms with van der Waals surface area (Å²) in [6, 6.07) is 11.9. The van der Waals surface area contributed by atoms with Crippen LogP contribution in [0.15, 0.2) is 54.7 Å². The molecule has 0 saturated carbocycles. The van der Waals surface area contributed by atoms with Crippen LogP contribution in [0, 0.1) is 5.82 Å². The number of ether oxygens (including phenoxy) is 1. The van der Waals surface area contributed by atoms with E-state index in [1.165, 1.54) is 24.3 Å². The van der Waals surface area contributed by atoms with Crippen LogP contribution in [0.25, 0.3) is 0 Å². The third kappa shape index (κ3) is 6.83. The topological polar surface area (TPSA) is 59.1 Å². The Morgan fingerprint density at radius 2 is 1.53 bits per heavy atom. The number of halogens is 4. The van der Waals surface area contributed by atoms with Crippen molar-refractivity contribution in [3.8, 4) is 5.75 Å². The molecule has 0 aliphatic heterocycles. The van der Waals surface area contributed by atoms with Gasteiger partial charge < -0.3 is 15.4 Å². The predicted molar refractivity (Wildman–Crippen MR) is 116 cm³/mol. The lowest BCUT2D eigenvalue weighted by Gasteiger charge is -2.15. The number of anilines is 4. The maximum absolute atomic E-state index is 13.4. The molecule has 5 nitrogen and oxygen atoms in total. The van der Waals surface area contributed by atoms with Gasteiger partial charge >= 0.3 is 6.18 Å². The maximum atomic E-state index is 13.4. The zero-order valence-corrected chi connectivity index (χ0v) is 17.5. The van der Waals surface area contributed by atoms with Crippen LogP contribution in [0.1, 0.15) is 38.2 Å². The zero-order chi connectivity index (χ0) is 23.0. The fourth-order valence-electron chi connectivity index (χ4n) is 2.90. The Labute approximate surface area is 183 Å². The minimum Gasteiger partial charge on any atom is -0.494 e. The van der Waals surface area contributed by atoms with Gasteiger partial charge in [-0.25, -0.2) is 9.37 Å². The second-order valence-electron chi connectivity index (χ2n) is 7.14. The van der Waals surface area contributed by atoms with E-state index in [2.05, 4.69) is 27.5 Å². The van der Waals surface area contributed by atoms with Crippen molar-refractivity contribution in [3.63, 3.8) is 0 Å². The van der Waals surface area contributed by atoms with Gasteiger partial charge in [0.05, 0.1) is 6.61 Å². The molecule has 0 spiro atoms. The fourth-order valence-corrected chi connectivity index (χ4v) is 2.90. The van der Waals surface area contributed by atoms with Gasteiger partial charge in [-0.3, -0.25) is 0 Å². The summed E-state index contributed by atoms with van der Waals surface area (Å²) in [6.45, 7) is 2.73. The molecule has 3 aromatic rings. The smallest absolute Gasteiger partial charge is 0.421 e. The van der Waals surface area contributed by atoms with Gasteiger partial charge in [0, 0.05) is 17.6 Å². The molecule has 2 N–H and O–H groups in total. The van der Waals surface area contributed by atoms with Gasteiger partial charge in [0.15, 0.2) is 0 Å². The first-order chi connectivity index (χ1) is 15.3. The van der Waals surface area contributed by atoms with E-state index in [0.29, 0.717) is 29.9 Å². The molecule has 0 aliphatic carbocycles. The van der Waals surface area contributed by atoms with Crippen molar-refractivity contribution in [1.29, 1.82) is 0 Å². The summed E-state index contributed by atoms with van der Waals surface area (Å²) in [6.07, 6.45) is 0.411. The standard InChI is InChI=1S/C23H24F4N4O/c1-2-3-4-5-14-32-19-12-10-17(11-13-19)29-21-20(23(25,26)27)15-28-22(31-21)30-18-8-6-16(24)7-9-18/h6-13,15H,2-5,14H2,1H3,(H2,28,29,30,31). The molecule has 170 valence electrons. The summed E-state index contributed by atoms with van der Waals surface area (Å²) in [4.78, 5) is 7.71. The monoisotopic (exact) mass is 448 g/mol. The van der Waals surface area contributed by atoms with Crippen molar-refractivity contribution < 1.29 is 22.3 Å². The molecule has 0 aliphatic rings. The number of unbranched alkanes of at least 4 members (excludes halogenated alkanes) is 3. The van der Waals surface area contributed by atoms with E-state index in [0.717, 1.165) is 25.7 Å². The van der Waals surface area contributed by atoms with Gasteiger partial charge in [-0.1, -0.05) is 26.2 Å². The van der Waals surface area contributed by atoms with Crippen LogP contribution < -0.4 is 15.4 Å². The Morgan fingerprint density at radius 3 is 2.19 bits per heavy atom. The molecule has 3 rings (SSSR count). The van der Waals surface area contributed by atoms with Gasteiger partial charge in [0.2, 0.25) is 5.95 Å².